The van der Waals surface area contributed by atoms with Crippen LogP contribution in [0.15, 0.2) is 79.1 Å². The number of para-hydroxylation sites is 1. The summed E-state index contributed by atoms with van der Waals surface area (Å²) in [7, 11) is 0. The van der Waals surface area contributed by atoms with Gasteiger partial charge in [-0.1, -0.05) is 36.4 Å². The first-order valence-electron chi connectivity index (χ1n) is 6.49. The van der Waals surface area contributed by atoms with Crippen LogP contribution in [-0.4, -0.2) is 4.98 Å². The van der Waals surface area contributed by atoms with Gasteiger partial charge >= 0.3 is 0 Å². The quantitative estimate of drug-likeness (QED) is 0.691. The van der Waals surface area contributed by atoms with Crippen molar-refractivity contribution in [3.63, 3.8) is 0 Å². The third kappa shape index (κ3) is 2.95. The molecule has 0 aliphatic rings. The van der Waals surface area contributed by atoms with Crippen LogP contribution in [0.5, 0.6) is 0 Å². The molecule has 3 nitrogen and oxygen atoms in total. The van der Waals surface area contributed by atoms with Gasteiger partial charge in [-0.3, -0.25) is 4.98 Å². The van der Waals surface area contributed by atoms with Gasteiger partial charge in [0.05, 0.1) is 11.4 Å². The average Bonchev–Trinajstić information content (AvgIpc) is 2.55. The van der Waals surface area contributed by atoms with E-state index in [-0.39, 0.29) is 0 Å². The summed E-state index contributed by atoms with van der Waals surface area (Å²) in [5.41, 5.74) is 10.7. The summed E-state index contributed by atoms with van der Waals surface area (Å²) < 4.78 is 0. The fourth-order valence-electron chi connectivity index (χ4n) is 1.98. The second-order valence-electron chi connectivity index (χ2n) is 4.44. The Kier molecular flexibility index (Phi) is 3.60. The number of nitrogens with zero attached hydrogens (tertiary/aromatic N) is 1. The van der Waals surface area contributed by atoms with Crippen LogP contribution >= 0.6 is 0 Å². The molecule has 2 N–H and O–H groups in total. The molecule has 0 aliphatic carbocycles. The fourth-order valence-corrected chi connectivity index (χ4v) is 1.98. The van der Waals surface area contributed by atoms with Gasteiger partial charge in [0.2, 0.25) is 0 Å². The molecule has 0 amide bonds. The van der Waals surface area contributed by atoms with Crippen molar-refractivity contribution < 1.29 is 0 Å². The van der Waals surface area contributed by atoms with Crippen molar-refractivity contribution in [2.45, 2.75) is 0 Å². The zero-order chi connectivity index (χ0) is 13.6. The predicted octanol–water partition coefficient (Wildman–Crippen LogP) is 4.19. The number of pyridine rings is 1. The summed E-state index contributed by atoms with van der Waals surface area (Å²) in [5.74, 6) is 0. The van der Waals surface area contributed by atoms with Gasteiger partial charge in [0.15, 0.2) is 0 Å². The van der Waals surface area contributed by atoms with Crippen molar-refractivity contribution >= 4 is 11.4 Å². The number of hydrogen-bond donors (Lipinski definition) is 2. The minimum atomic E-state index is 1.01. The maximum atomic E-state index is 4.15. The van der Waals surface area contributed by atoms with Crippen molar-refractivity contribution in [2.24, 2.45) is 0 Å². The maximum Gasteiger partial charge on any atom is 0.0546 e. The molecule has 3 aromatic rings. The molecular weight excluding hydrogens is 246 g/mol. The molecule has 0 radical (unpaired) electrons. The van der Waals surface area contributed by atoms with Crippen molar-refractivity contribution in [1.82, 2.24) is 4.98 Å². The summed E-state index contributed by atoms with van der Waals surface area (Å²) in [6.45, 7) is 0. The molecule has 0 fully saturated rings. The van der Waals surface area contributed by atoms with E-state index < -0.39 is 0 Å². The Bertz CT molecular complexity index is 666. The summed E-state index contributed by atoms with van der Waals surface area (Å²) in [5, 5.41) is 0. The summed E-state index contributed by atoms with van der Waals surface area (Å²) >= 11 is 0. The molecule has 1 aromatic heterocycles. The molecule has 0 bridgehead atoms. The third-order valence-corrected chi connectivity index (χ3v) is 2.98. The minimum absolute atomic E-state index is 1.01. The Hall–Kier alpha value is -2.81. The van der Waals surface area contributed by atoms with Gasteiger partial charge in [-0.15, -0.1) is 0 Å². The standard InChI is InChI=1S/C17H15N3/c1-2-8-16(9-3-1)19-20-17-10-4-6-14(12-17)15-7-5-11-18-13-15/h1-13,19-20H. The fraction of sp³-hybridized carbons (Fsp3) is 0. The van der Waals surface area contributed by atoms with E-state index >= 15 is 0 Å². The van der Waals surface area contributed by atoms with Crippen LogP contribution in [0, 0.1) is 0 Å². The second-order valence-corrected chi connectivity index (χ2v) is 4.44. The van der Waals surface area contributed by atoms with Gasteiger partial charge in [0.1, 0.15) is 0 Å². The predicted molar refractivity (Wildman–Crippen MR) is 83.4 cm³/mol. The minimum Gasteiger partial charge on any atom is -0.301 e. The molecule has 0 spiro atoms. The Morgan fingerprint density at radius 2 is 1.40 bits per heavy atom. The topological polar surface area (TPSA) is 37.0 Å². The first-order valence-corrected chi connectivity index (χ1v) is 6.49. The smallest absolute Gasteiger partial charge is 0.0546 e. The van der Waals surface area contributed by atoms with E-state index in [9.17, 15) is 0 Å². The van der Waals surface area contributed by atoms with E-state index in [1.54, 1.807) is 6.20 Å². The monoisotopic (exact) mass is 261 g/mol. The number of hydrazine groups is 1. The molecule has 0 saturated carbocycles. The summed E-state index contributed by atoms with van der Waals surface area (Å²) in [6.07, 6.45) is 3.65. The molecule has 3 rings (SSSR count). The van der Waals surface area contributed by atoms with Crippen molar-refractivity contribution in [1.29, 1.82) is 0 Å². The number of benzene rings is 2. The van der Waals surface area contributed by atoms with Crippen LogP contribution < -0.4 is 10.9 Å². The number of nitrogens with one attached hydrogen (secondary N) is 2. The third-order valence-electron chi connectivity index (χ3n) is 2.98. The van der Waals surface area contributed by atoms with E-state index in [0.29, 0.717) is 0 Å². The van der Waals surface area contributed by atoms with Crippen LogP contribution in [0.3, 0.4) is 0 Å². The molecule has 3 heteroatoms. The number of anilines is 2. The van der Waals surface area contributed by atoms with Crippen LogP contribution in [0.25, 0.3) is 11.1 Å². The Balaban J connectivity index is 1.75. The molecule has 0 aliphatic heterocycles. The number of hydrogen-bond acceptors (Lipinski definition) is 3. The lowest BCUT2D eigenvalue weighted by molar-refractivity contribution is 1.33. The molecular formula is C17H15N3. The van der Waals surface area contributed by atoms with Gasteiger partial charge < -0.3 is 10.9 Å². The average molecular weight is 261 g/mol. The first kappa shape index (κ1) is 12.2. The highest BCUT2D eigenvalue weighted by Gasteiger charge is 1.98. The molecule has 20 heavy (non-hydrogen) atoms. The molecule has 0 unspecified atom stereocenters. The van der Waals surface area contributed by atoms with Crippen LogP contribution in [0.1, 0.15) is 0 Å². The lowest BCUT2D eigenvalue weighted by atomic mass is 10.1. The van der Waals surface area contributed by atoms with E-state index in [2.05, 4.69) is 34.0 Å². The molecule has 0 saturated heterocycles. The van der Waals surface area contributed by atoms with Gasteiger partial charge in [0.25, 0.3) is 0 Å². The second kappa shape index (κ2) is 5.89. The lowest BCUT2D eigenvalue weighted by Gasteiger charge is -2.10. The van der Waals surface area contributed by atoms with E-state index in [1.165, 1.54) is 0 Å². The van der Waals surface area contributed by atoms with Gasteiger partial charge in [-0.25, -0.2) is 0 Å². The van der Waals surface area contributed by atoms with Gasteiger partial charge in [0, 0.05) is 18.0 Å². The van der Waals surface area contributed by atoms with E-state index in [0.717, 1.165) is 22.5 Å². The van der Waals surface area contributed by atoms with E-state index in [1.807, 2.05) is 54.7 Å². The highest BCUT2D eigenvalue weighted by molar-refractivity contribution is 5.68. The number of aromatic nitrogens is 1. The zero-order valence-electron chi connectivity index (χ0n) is 11.0. The summed E-state index contributed by atoms with van der Waals surface area (Å²) in [6, 6.07) is 22.2. The molecule has 98 valence electrons. The molecule has 2 aromatic carbocycles. The van der Waals surface area contributed by atoms with Crippen LogP contribution in [-0.2, 0) is 0 Å². The lowest BCUT2D eigenvalue weighted by Crippen LogP contribution is -2.08. The van der Waals surface area contributed by atoms with E-state index in [4.69, 9.17) is 0 Å². The molecule has 0 atom stereocenters. The SMILES string of the molecule is c1ccc(NNc2cccc(-c3cccnc3)c2)cc1. The summed E-state index contributed by atoms with van der Waals surface area (Å²) in [4.78, 5) is 4.15. The maximum absolute atomic E-state index is 4.15. The van der Waals surface area contributed by atoms with Crippen molar-refractivity contribution in [2.75, 3.05) is 10.9 Å². The largest absolute Gasteiger partial charge is 0.301 e. The normalized spacial score (nSPS) is 10.0. The highest BCUT2D eigenvalue weighted by atomic mass is 15.4. The molecule has 1 heterocycles. The van der Waals surface area contributed by atoms with Crippen LogP contribution in [0.4, 0.5) is 11.4 Å². The van der Waals surface area contributed by atoms with Gasteiger partial charge in [-0.05, 0) is 35.9 Å². The Labute approximate surface area is 118 Å². The number of rotatable bonds is 4. The first-order chi connectivity index (χ1) is 9.92. The van der Waals surface area contributed by atoms with Crippen molar-refractivity contribution in [3.8, 4) is 11.1 Å². The highest BCUT2D eigenvalue weighted by Crippen LogP contribution is 2.21. The zero-order valence-corrected chi connectivity index (χ0v) is 11.0. The van der Waals surface area contributed by atoms with Gasteiger partial charge in [-0.2, -0.15) is 0 Å². The Morgan fingerprint density at radius 1 is 0.650 bits per heavy atom. The Morgan fingerprint density at radius 3 is 2.20 bits per heavy atom. The van der Waals surface area contributed by atoms with Crippen LogP contribution in [0.2, 0.25) is 0 Å². The van der Waals surface area contributed by atoms with Crippen molar-refractivity contribution in [3.05, 3.63) is 79.1 Å².